The maximum absolute atomic E-state index is 13.7. The number of aliphatic hydroxyl groups excluding tert-OH is 1. The van der Waals surface area contributed by atoms with Gasteiger partial charge in [0.2, 0.25) is 0 Å². The van der Waals surface area contributed by atoms with Crippen LogP contribution in [0.15, 0.2) is 18.2 Å². The van der Waals surface area contributed by atoms with E-state index in [1.165, 1.54) is 12.5 Å². The van der Waals surface area contributed by atoms with E-state index in [9.17, 15) is 9.50 Å². The van der Waals surface area contributed by atoms with Crippen LogP contribution in [-0.4, -0.2) is 35.7 Å². The maximum atomic E-state index is 13.7. The van der Waals surface area contributed by atoms with Crippen molar-refractivity contribution in [3.63, 3.8) is 0 Å². The molecule has 114 valence electrons. The molecule has 1 aliphatic rings. The van der Waals surface area contributed by atoms with Gasteiger partial charge in [0.1, 0.15) is 5.82 Å². The third-order valence-corrected chi connectivity index (χ3v) is 3.89. The van der Waals surface area contributed by atoms with Gasteiger partial charge in [-0.1, -0.05) is 18.3 Å². The molecule has 0 amide bonds. The molecule has 2 rings (SSSR count). The molecule has 1 aromatic carbocycles. The lowest BCUT2D eigenvalue weighted by Gasteiger charge is -2.35. The average Bonchev–Trinajstić information content (AvgIpc) is 2.47. The van der Waals surface area contributed by atoms with Crippen molar-refractivity contribution in [1.29, 1.82) is 0 Å². The Labute approximate surface area is 125 Å². The SMILES string of the molecule is NCC#Cc1cc(F)cc(CN2CCCCC2CCO)c1. The molecule has 1 atom stereocenters. The van der Waals surface area contributed by atoms with Gasteiger partial charge in [0.15, 0.2) is 0 Å². The molecule has 0 aromatic heterocycles. The van der Waals surface area contributed by atoms with Gasteiger partial charge in [-0.05, 0) is 49.6 Å². The van der Waals surface area contributed by atoms with E-state index in [2.05, 4.69) is 16.7 Å². The number of nitrogens with zero attached hydrogens (tertiary/aromatic N) is 1. The van der Waals surface area contributed by atoms with Gasteiger partial charge in [0.25, 0.3) is 0 Å². The molecule has 0 bridgehead atoms. The Hall–Kier alpha value is -1.41. The lowest BCUT2D eigenvalue weighted by Crippen LogP contribution is -2.39. The van der Waals surface area contributed by atoms with Crippen LogP contribution >= 0.6 is 0 Å². The van der Waals surface area contributed by atoms with Gasteiger partial charge in [0.05, 0.1) is 6.54 Å². The Bertz CT molecular complexity index is 519. The minimum Gasteiger partial charge on any atom is -0.396 e. The van der Waals surface area contributed by atoms with Crippen LogP contribution in [0, 0.1) is 17.7 Å². The summed E-state index contributed by atoms with van der Waals surface area (Å²) >= 11 is 0. The molecule has 0 radical (unpaired) electrons. The highest BCUT2D eigenvalue weighted by molar-refractivity contribution is 5.38. The zero-order valence-corrected chi connectivity index (χ0v) is 12.3. The van der Waals surface area contributed by atoms with E-state index >= 15 is 0 Å². The number of aliphatic hydroxyl groups is 1. The minimum atomic E-state index is -0.260. The number of rotatable bonds is 4. The molecule has 4 heteroatoms. The number of hydrogen-bond donors (Lipinski definition) is 2. The summed E-state index contributed by atoms with van der Waals surface area (Å²) < 4.78 is 13.7. The molecule has 1 unspecified atom stereocenters. The van der Waals surface area contributed by atoms with E-state index < -0.39 is 0 Å². The van der Waals surface area contributed by atoms with Crippen molar-refractivity contribution in [2.75, 3.05) is 19.7 Å². The quantitative estimate of drug-likeness (QED) is 0.832. The average molecular weight is 290 g/mol. The Kier molecular flexibility index (Phi) is 6.19. The molecule has 1 fully saturated rings. The summed E-state index contributed by atoms with van der Waals surface area (Å²) in [5, 5.41) is 9.17. The molecular formula is C17H23FN2O. The standard InChI is InChI=1S/C17H23FN2O/c18-16-11-14(4-3-7-19)10-15(12-16)13-20-8-2-1-5-17(20)6-9-21/h10-12,17,21H,1-2,5-9,13,19H2. The molecule has 1 aliphatic heterocycles. The number of hydrogen-bond acceptors (Lipinski definition) is 3. The molecule has 3 nitrogen and oxygen atoms in total. The molecular weight excluding hydrogens is 267 g/mol. The molecule has 1 saturated heterocycles. The summed E-state index contributed by atoms with van der Waals surface area (Å²) in [5.41, 5.74) is 6.96. The zero-order valence-electron chi connectivity index (χ0n) is 12.3. The molecule has 1 heterocycles. The van der Waals surface area contributed by atoms with Gasteiger partial charge in [-0.3, -0.25) is 4.90 Å². The van der Waals surface area contributed by atoms with E-state index in [0.29, 0.717) is 18.2 Å². The van der Waals surface area contributed by atoms with Crippen LogP contribution in [0.1, 0.15) is 36.8 Å². The molecule has 0 spiro atoms. The first-order chi connectivity index (χ1) is 10.2. The molecule has 1 aromatic rings. The van der Waals surface area contributed by atoms with Crippen molar-refractivity contribution in [2.45, 2.75) is 38.3 Å². The fourth-order valence-corrected chi connectivity index (χ4v) is 2.95. The van der Waals surface area contributed by atoms with Crippen molar-refractivity contribution < 1.29 is 9.50 Å². The number of benzene rings is 1. The van der Waals surface area contributed by atoms with Gasteiger partial charge in [0, 0.05) is 24.8 Å². The molecule has 0 saturated carbocycles. The highest BCUT2D eigenvalue weighted by atomic mass is 19.1. The van der Waals surface area contributed by atoms with Crippen molar-refractivity contribution in [1.82, 2.24) is 4.90 Å². The molecule has 21 heavy (non-hydrogen) atoms. The summed E-state index contributed by atoms with van der Waals surface area (Å²) in [6.45, 7) is 2.19. The van der Waals surface area contributed by atoms with Crippen molar-refractivity contribution >= 4 is 0 Å². The van der Waals surface area contributed by atoms with E-state index in [4.69, 9.17) is 5.73 Å². The Morgan fingerprint density at radius 2 is 2.19 bits per heavy atom. The minimum absolute atomic E-state index is 0.206. The number of nitrogens with two attached hydrogens (primary N) is 1. The second kappa shape index (κ2) is 8.14. The van der Waals surface area contributed by atoms with Crippen LogP contribution in [0.5, 0.6) is 0 Å². The fourth-order valence-electron chi connectivity index (χ4n) is 2.95. The van der Waals surface area contributed by atoms with Gasteiger partial charge >= 0.3 is 0 Å². The van der Waals surface area contributed by atoms with Gasteiger partial charge in [-0.15, -0.1) is 0 Å². The van der Waals surface area contributed by atoms with Crippen molar-refractivity contribution in [3.8, 4) is 11.8 Å². The van der Waals surface area contributed by atoms with E-state index in [0.717, 1.165) is 31.4 Å². The van der Waals surface area contributed by atoms with Crippen LogP contribution in [0.25, 0.3) is 0 Å². The summed E-state index contributed by atoms with van der Waals surface area (Å²) in [6.07, 6.45) is 4.26. The van der Waals surface area contributed by atoms with E-state index in [-0.39, 0.29) is 19.0 Å². The third kappa shape index (κ3) is 4.82. The first kappa shape index (κ1) is 16.0. The molecule has 3 N–H and O–H groups in total. The monoisotopic (exact) mass is 290 g/mol. The Morgan fingerprint density at radius 3 is 2.95 bits per heavy atom. The summed E-state index contributed by atoms with van der Waals surface area (Å²) in [7, 11) is 0. The first-order valence-electron chi connectivity index (χ1n) is 7.56. The fraction of sp³-hybridized carbons (Fsp3) is 0.529. The zero-order chi connectivity index (χ0) is 15.1. The van der Waals surface area contributed by atoms with E-state index in [1.807, 2.05) is 6.07 Å². The smallest absolute Gasteiger partial charge is 0.124 e. The van der Waals surface area contributed by atoms with Crippen molar-refractivity contribution in [3.05, 3.63) is 35.1 Å². The highest BCUT2D eigenvalue weighted by Crippen LogP contribution is 2.22. The van der Waals surface area contributed by atoms with Crippen LogP contribution in [0.4, 0.5) is 4.39 Å². The van der Waals surface area contributed by atoms with Crippen LogP contribution in [-0.2, 0) is 6.54 Å². The summed E-state index contributed by atoms with van der Waals surface area (Å²) in [6, 6.07) is 5.33. The van der Waals surface area contributed by atoms with Gasteiger partial charge < -0.3 is 10.8 Å². The highest BCUT2D eigenvalue weighted by Gasteiger charge is 2.22. The van der Waals surface area contributed by atoms with Crippen molar-refractivity contribution in [2.24, 2.45) is 5.73 Å². The lowest BCUT2D eigenvalue weighted by atomic mass is 9.98. The predicted octanol–water partition coefficient (Wildman–Crippen LogP) is 1.87. The third-order valence-electron chi connectivity index (χ3n) is 3.89. The van der Waals surface area contributed by atoms with Crippen LogP contribution in [0.3, 0.4) is 0 Å². The Morgan fingerprint density at radius 1 is 1.33 bits per heavy atom. The summed E-state index contributed by atoms with van der Waals surface area (Å²) in [4.78, 5) is 2.34. The number of piperidine rings is 1. The van der Waals surface area contributed by atoms with E-state index in [1.54, 1.807) is 6.07 Å². The van der Waals surface area contributed by atoms with Crippen LogP contribution in [0.2, 0.25) is 0 Å². The van der Waals surface area contributed by atoms with Gasteiger partial charge in [-0.25, -0.2) is 4.39 Å². The second-order valence-corrected chi connectivity index (χ2v) is 5.49. The largest absolute Gasteiger partial charge is 0.396 e. The lowest BCUT2D eigenvalue weighted by molar-refractivity contribution is 0.112. The number of halogens is 1. The normalized spacial score (nSPS) is 19.1. The first-order valence-corrected chi connectivity index (χ1v) is 7.56. The Balaban J connectivity index is 2.11. The second-order valence-electron chi connectivity index (χ2n) is 5.49. The maximum Gasteiger partial charge on any atom is 0.124 e. The topological polar surface area (TPSA) is 49.5 Å². The van der Waals surface area contributed by atoms with Gasteiger partial charge in [-0.2, -0.15) is 0 Å². The number of likely N-dealkylation sites (tertiary alicyclic amines) is 1. The summed E-state index contributed by atoms with van der Waals surface area (Å²) in [5.74, 6) is 5.38. The predicted molar refractivity (Wildman–Crippen MR) is 82.1 cm³/mol. The molecule has 0 aliphatic carbocycles. The van der Waals surface area contributed by atoms with Crippen LogP contribution < -0.4 is 5.73 Å².